The van der Waals surface area contributed by atoms with Gasteiger partial charge < -0.3 is 4.90 Å². The second-order valence-corrected chi connectivity index (χ2v) is 14.3. The minimum atomic E-state index is -0.0111. The van der Waals surface area contributed by atoms with Gasteiger partial charge >= 0.3 is 0 Å². The zero-order chi connectivity index (χ0) is 33.3. The summed E-state index contributed by atoms with van der Waals surface area (Å²) in [5.41, 5.74) is 12.6. The van der Waals surface area contributed by atoms with Gasteiger partial charge in [-0.3, -0.25) is 9.97 Å². The summed E-state index contributed by atoms with van der Waals surface area (Å²) in [7, 11) is 0. The lowest BCUT2D eigenvalue weighted by Crippen LogP contribution is -2.30. The molecule has 0 spiro atoms. The van der Waals surface area contributed by atoms with Crippen molar-refractivity contribution in [1.29, 1.82) is 0 Å². The van der Waals surface area contributed by atoms with Crippen LogP contribution in [0.1, 0.15) is 43.2 Å². The van der Waals surface area contributed by atoms with Gasteiger partial charge in [-0.15, -0.1) is 0 Å². The maximum absolute atomic E-state index is 5.02. The number of para-hydroxylation sites is 2. The molecular weight excluding hydrogens is 629 g/mol. The van der Waals surface area contributed by atoms with Crippen LogP contribution < -0.4 is 4.90 Å². The van der Waals surface area contributed by atoms with Crippen molar-refractivity contribution in [3.05, 3.63) is 169 Å². The van der Waals surface area contributed by atoms with E-state index >= 15 is 0 Å². The lowest BCUT2D eigenvalue weighted by molar-refractivity contribution is 0.346. The van der Waals surface area contributed by atoms with E-state index in [1.165, 1.54) is 62.8 Å². The molecule has 4 aromatic carbocycles. The first-order valence-corrected chi connectivity index (χ1v) is 18.3. The molecule has 0 atom stereocenters. The minimum absolute atomic E-state index is 0.0111. The first kappa shape index (κ1) is 30.5. The van der Waals surface area contributed by atoms with Crippen LogP contribution in [0.25, 0.3) is 33.6 Å². The highest BCUT2D eigenvalue weighted by atomic mass is 32.2. The van der Waals surface area contributed by atoms with E-state index in [1.54, 1.807) is 12.4 Å². The van der Waals surface area contributed by atoms with Gasteiger partial charge in [-0.25, -0.2) is 4.98 Å². The summed E-state index contributed by atoms with van der Waals surface area (Å²) in [6, 6.07) is 48.7. The Balaban J connectivity index is 1.08. The maximum Gasteiger partial charge on any atom is 0.0731 e. The van der Waals surface area contributed by atoms with Gasteiger partial charge in [0.15, 0.2) is 0 Å². The lowest BCUT2D eigenvalue weighted by atomic mass is 9.65. The second kappa shape index (κ2) is 13.1. The number of fused-ring (bicyclic) bond motifs is 2. The fourth-order valence-electron chi connectivity index (χ4n) is 7.81. The van der Waals surface area contributed by atoms with E-state index in [0.717, 1.165) is 40.9 Å². The molecule has 1 aliphatic heterocycles. The molecule has 242 valence electrons. The molecule has 0 saturated heterocycles. The molecule has 50 heavy (non-hydrogen) atoms. The third-order valence-electron chi connectivity index (χ3n) is 10.3. The monoisotopic (exact) mass is 664 g/mol. The zero-order valence-corrected chi connectivity index (χ0v) is 28.6. The fourth-order valence-corrected chi connectivity index (χ4v) is 8.87. The largest absolute Gasteiger partial charge is 0.308 e. The molecule has 0 bridgehead atoms. The summed E-state index contributed by atoms with van der Waals surface area (Å²) in [6.07, 6.45) is 13.4. The van der Waals surface area contributed by atoms with Crippen molar-refractivity contribution in [2.45, 2.75) is 47.3 Å². The molecule has 2 aliphatic rings. The van der Waals surface area contributed by atoms with Gasteiger partial charge in [0.05, 0.1) is 22.8 Å². The van der Waals surface area contributed by atoms with E-state index in [0.29, 0.717) is 0 Å². The predicted molar refractivity (Wildman–Crippen MR) is 205 cm³/mol. The highest BCUT2D eigenvalue weighted by Gasteiger charge is 2.36. The summed E-state index contributed by atoms with van der Waals surface area (Å²) in [5.74, 6) is 0. The quantitative estimate of drug-likeness (QED) is 0.177. The smallest absolute Gasteiger partial charge is 0.0731 e. The Morgan fingerprint density at radius 1 is 0.500 bits per heavy atom. The molecule has 1 saturated carbocycles. The molecule has 4 nitrogen and oxygen atoms in total. The first-order chi connectivity index (χ1) is 24.7. The number of anilines is 3. The molecular formula is C45H36N4S. The Morgan fingerprint density at radius 3 is 1.58 bits per heavy atom. The van der Waals surface area contributed by atoms with Crippen LogP contribution in [-0.2, 0) is 5.41 Å². The Morgan fingerprint density at radius 2 is 1.04 bits per heavy atom. The summed E-state index contributed by atoms with van der Waals surface area (Å²) >= 11 is 1.85. The van der Waals surface area contributed by atoms with Crippen molar-refractivity contribution >= 4 is 28.8 Å². The third-order valence-corrected chi connectivity index (χ3v) is 11.5. The van der Waals surface area contributed by atoms with Crippen molar-refractivity contribution < 1.29 is 0 Å². The Hall–Kier alpha value is -5.52. The van der Waals surface area contributed by atoms with Crippen molar-refractivity contribution in [3.63, 3.8) is 0 Å². The van der Waals surface area contributed by atoms with Crippen LogP contribution in [0.3, 0.4) is 0 Å². The lowest BCUT2D eigenvalue weighted by Gasteiger charge is -2.39. The van der Waals surface area contributed by atoms with Crippen LogP contribution in [0, 0.1) is 0 Å². The van der Waals surface area contributed by atoms with Crippen LogP contribution in [0.4, 0.5) is 17.1 Å². The first-order valence-electron chi connectivity index (χ1n) is 17.5. The molecule has 3 aromatic heterocycles. The maximum atomic E-state index is 5.02. The molecule has 4 heterocycles. The fraction of sp³-hybridized carbons (Fsp3) is 0.133. The Labute approximate surface area is 297 Å². The molecule has 5 heteroatoms. The van der Waals surface area contributed by atoms with Crippen LogP contribution >= 0.6 is 11.8 Å². The van der Waals surface area contributed by atoms with Crippen LogP contribution in [0.15, 0.2) is 168 Å². The number of aromatic nitrogens is 3. The number of nitrogens with zero attached hydrogens (tertiary/aromatic N) is 4. The SMILES string of the molecule is c1cncc(-c2cc(-c3ccc(C4(c5ccc(N6c7ccccc7Sc7ccccc76)cc5)CCCCC4)cc3)cc(-c3cccnc3)n2)c1. The normalized spacial score (nSPS) is 14.8. The van der Waals surface area contributed by atoms with Crippen LogP contribution in [0.5, 0.6) is 0 Å². The van der Waals surface area contributed by atoms with Gasteiger partial charge in [0.1, 0.15) is 0 Å². The van der Waals surface area contributed by atoms with E-state index in [4.69, 9.17) is 4.98 Å². The summed E-state index contributed by atoms with van der Waals surface area (Å²) in [5, 5.41) is 0. The van der Waals surface area contributed by atoms with Crippen LogP contribution in [0.2, 0.25) is 0 Å². The van der Waals surface area contributed by atoms with E-state index in [1.807, 2.05) is 36.3 Å². The number of hydrogen-bond donors (Lipinski definition) is 0. The van der Waals surface area contributed by atoms with Crippen molar-refractivity contribution in [3.8, 4) is 33.6 Å². The Bertz CT molecular complexity index is 2160. The van der Waals surface area contributed by atoms with Gasteiger partial charge in [-0.05, 0) is 108 Å². The highest BCUT2D eigenvalue weighted by Crippen LogP contribution is 2.52. The summed E-state index contributed by atoms with van der Waals surface area (Å²) in [4.78, 5) is 18.7. The molecule has 0 unspecified atom stereocenters. The van der Waals surface area contributed by atoms with Gasteiger partial charge in [-0.1, -0.05) is 91.7 Å². The van der Waals surface area contributed by atoms with E-state index in [-0.39, 0.29) is 5.41 Å². The van der Waals surface area contributed by atoms with Crippen molar-refractivity contribution in [2.75, 3.05) is 4.90 Å². The number of rotatable bonds is 6. The predicted octanol–water partition coefficient (Wildman–Crippen LogP) is 12.1. The van der Waals surface area contributed by atoms with E-state index in [9.17, 15) is 0 Å². The zero-order valence-electron chi connectivity index (χ0n) is 27.7. The van der Waals surface area contributed by atoms with Gasteiger partial charge in [-0.2, -0.15) is 0 Å². The van der Waals surface area contributed by atoms with Crippen molar-refractivity contribution in [1.82, 2.24) is 15.0 Å². The number of pyridine rings is 3. The standard InChI is InChI=1S/C45H36N4S/c1-6-24-45(25-7-1,37-20-22-38(23-21-37)49-41-12-2-4-14-43(41)50-44-15-5-3-13-42(44)49)36-18-16-32(17-19-36)35-28-39(33-10-8-26-46-30-33)48-40(29-35)34-11-9-27-47-31-34/h2-5,8-23,26-31H,1,6-7,24-25H2. The summed E-state index contributed by atoms with van der Waals surface area (Å²) in [6.45, 7) is 0. The Kier molecular flexibility index (Phi) is 7.98. The van der Waals surface area contributed by atoms with Gasteiger partial charge in [0.25, 0.3) is 0 Å². The molecule has 7 aromatic rings. The average Bonchev–Trinajstić information content (AvgIpc) is 3.21. The summed E-state index contributed by atoms with van der Waals surface area (Å²) < 4.78 is 0. The third kappa shape index (κ3) is 5.58. The van der Waals surface area contributed by atoms with Crippen molar-refractivity contribution in [2.24, 2.45) is 0 Å². The molecule has 9 rings (SSSR count). The van der Waals surface area contributed by atoms with Crippen LogP contribution in [-0.4, -0.2) is 15.0 Å². The van der Waals surface area contributed by atoms with E-state index in [2.05, 4.69) is 136 Å². The van der Waals surface area contributed by atoms with Gasteiger partial charge in [0, 0.05) is 56.8 Å². The molecule has 0 radical (unpaired) electrons. The molecule has 1 fully saturated rings. The second-order valence-electron chi connectivity index (χ2n) is 13.2. The molecule has 0 N–H and O–H groups in total. The highest BCUT2D eigenvalue weighted by molar-refractivity contribution is 7.99. The average molecular weight is 665 g/mol. The van der Waals surface area contributed by atoms with E-state index < -0.39 is 0 Å². The van der Waals surface area contributed by atoms with Gasteiger partial charge in [0.2, 0.25) is 0 Å². The minimum Gasteiger partial charge on any atom is -0.308 e. The number of benzene rings is 4. The number of hydrogen-bond acceptors (Lipinski definition) is 5. The molecule has 0 amide bonds. The molecule has 1 aliphatic carbocycles. The topological polar surface area (TPSA) is 41.9 Å².